The third kappa shape index (κ3) is 6.12. The molecule has 3 aromatic carbocycles. The van der Waals surface area contributed by atoms with Crippen molar-refractivity contribution in [3.63, 3.8) is 0 Å². The van der Waals surface area contributed by atoms with Crippen LogP contribution < -0.4 is 0 Å². The zero-order valence-electron chi connectivity index (χ0n) is 17.4. The number of benzene rings is 3. The molecule has 0 amide bonds. The normalized spacial score (nSPS) is 12.0. The van der Waals surface area contributed by atoms with Crippen molar-refractivity contribution in [2.24, 2.45) is 4.99 Å². The first kappa shape index (κ1) is 23.3. The molecule has 4 rings (SSSR count). The number of hydrogen-bond acceptors (Lipinski definition) is 4. The first-order chi connectivity index (χ1) is 15.9. The van der Waals surface area contributed by atoms with Gasteiger partial charge in [0, 0.05) is 16.6 Å². The summed E-state index contributed by atoms with van der Waals surface area (Å²) in [6.07, 6.45) is 1.61. The number of halogens is 2. The Morgan fingerprint density at radius 1 is 0.788 bits per heavy atom. The molecule has 1 heterocycles. The van der Waals surface area contributed by atoms with E-state index in [-0.39, 0.29) is 18.0 Å². The van der Waals surface area contributed by atoms with Crippen LogP contribution in [0.3, 0.4) is 0 Å². The monoisotopic (exact) mass is 498 g/mol. The van der Waals surface area contributed by atoms with Crippen molar-refractivity contribution in [2.45, 2.75) is 18.0 Å². The first-order valence-corrected chi connectivity index (χ1v) is 12.3. The number of nitrogens with zero attached hydrogens (tertiary/aromatic N) is 2. The molecule has 0 atom stereocenters. The average Bonchev–Trinajstić information content (AvgIpc) is 3.27. The van der Waals surface area contributed by atoms with E-state index < -0.39 is 10.0 Å². The highest BCUT2D eigenvalue weighted by molar-refractivity contribution is 7.89. The Balaban J connectivity index is 1.59. The van der Waals surface area contributed by atoms with Crippen molar-refractivity contribution >= 4 is 45.1 Å². The summed E-state index contributed by atoms with van der Waals surface area (Å²) < 4.78 is 34.1. The second-order valence-corrected chi connectivity index (χ2v) is 10.1. The molecule has 0 spiro atoms. The van der Waals surface area contributed by atoms with Crippen LogP contribution in [0.4, 0.5) is 5.69 Å². The van der Waals surface area contributed by atoms with Crippen LogP contribution in [0.25, 0.3) is 0 Å². The van der Waals surface area contributed by atoms with Crippen molar-refractivity contribution < 1.29 is 12.8 Å². The number of para-hydroxylation sites is 1. The molecule has 0 N–H and O–H groups in total. The summed E-state index contributed by atoms with van der Waals surface area (Å²) in [6.45, 7) is 0.197. The van der Waals surface area contributed by atoms with Gasteiger partial charge in [-0.2, -0.15) is 4.31 Å². The molecular weight excluding hydrogens is 479 g/mol. The lowest BCUT2D eigenvalue weighted by Crippen LogP contribution is -2.30. The van der Waals surface area contributed by atoms with Crippen LogP contribution in [-0.4, -0.2) is 18.9 Å². The van der Waals surface area contributed by atoms with Crippen LogP contribution >= 0.6 is 23.2 Å². The summed E-state index contributed by atoms with van der Waals surface area (Å²) in [5, 5.41) is 1.05. The number of sulfonamides is 1. The van der Waals surface area contributed by atoms with Gasteiger partial charge in [0.2, 0.25) is 10.0 Å². The Morgan fingerprint density at radius 3 is 2.09 bits per heavy atom. The minimum Gasteiger partial charge on any atom is -0.459 e. The summed E-state index contributed by atoms with van der Waals surface area (Å²) in [6, 6.07) is 26.1. The van der Waals surface area contributed by atoms with Crippen LogP contribution in [0.15, 0.2) is 105 Å². The van der Waals surface area contributed by atoms with E-state index in [1.807, 2.05) is 30.3 Å². The maximum Gasteiger partial charge on any atom is 0.243 e. The van der Waals surface area contributed by atoms with E-state index >= 15 is 0 Å². The molecule has 0 aliphatic rings. The lowest BCUT2D eigenvalue weighted by molar-refractivity contribution is 0.357. The van der Waals surface area contributed by atoms with Crippen molar-refractivity contribution in [2.75, 3.05) is 0 Å². The highest BCUT2D eigenvalue weighted by Crippen LogP contribution is 2.24. The largest absolute Gasteiger partial charge is 0.459 e. The summed E-state index contributed by atoms with van der Waals surface area (Å²) in [4.78, 5) is 4.53. The van der Waals surface area contributed by atoms with E-state index in [1.165, 1.54) is 16.4 Å². The zero-order valence-corrected chi connectivity index (χ0v) is 19.8. The standard InChI is InChI=1S/C25H20Cl2N2O3S/c26-20-8-6-19(7-9-20)17-29(33(30,31)25-14-10-21(27)11-15-25)18-24-13-12-23(32-24)16-28-22-4-2-1-3-5-22/h1-16H,17-18H2. The minimum absolute atomic E-state index is 0.0484. The SMILES string of the molecule is O=S(=O)(c1ccc(Cl)cc1)N(Cc1ccc(Cl)cc1)Cc1ccc(C=Nc2ccccc2)o1. The third-order valence-electron chi connectivity index (χ3n) is 4.84. The maximum absolute atomic E-state index is 13.4. The Kier molecular flexibility index (Phi) is 7.30. The molecule has 1 aromatic heterocycles. The predicted molar refractivity (Wildman–Crippen MR) is 132 cm³/mol. The zero-order chi connectivity index (χ0) is 23.3. The smallest absolute Gasteiger partial charge is 0.243 e. The van der Waals surface area contributed by atoms with Crippen LogP contribution in [0, 0.1) is 0 Å². The molecular formula is C25H20Cl2N2O3S. The van der Waals surface area contributed by atoms with E-state index in [9.17, 15) is 8.42 Å². The summed E-state index contributed by atoms with van der Waals surface area (Å²) in [7, 11) is -3.82. The second kappa shape index (κ2) is 10.4. The van der Waals surface area contributed by atoms with Gasteiger partial charge in [-0.15, -0.1) is 0 Å². The fourth-order valence-corrected chi connectivity index (χ4v) is 4.80. The van der Waals surface area contributed by atoms with Gasteiger partial charge < -0.3 is 4.42 Å². The van der Waals surface area contributed by atoms with Crippen LogP contribution in [-0.2, 0) is 23.1 Å². The lowest BCUT2D eigenvalue weighted by atomic mass is 10.2. The van der Waals surface area contributed by atoms with E-state index in [0.29, 0.717) is 21.6 Å². The van der Waals surface area contributed by atoms with Gasteiger partial charge in [0.1, 0.15) is 11.5 Å². The van der Waals surface area contributed by atoms with Crippen molar-refractivity contribution in [1.82, 2.24) is 4.31 Å². The third-order valence-corrected chi connectivity index (χ3v) is 7.15. The fourth-order valence-electron chi connectivity index (χ4n) is 3.15. The van der Waals surface area contributed by atoms with Crippen molar-refractivity contribution in [3.05, 3.63) is 118 Å². The van der Waals surface area contributed by atoms with E-state index in [0.717, 1.165) is 11.3 Å². The van der Waals surface area contributed by atoms with E-state index in [4.69, 9.17) is 27.6 Å². The molecule has 33 heavy (non-hydrogen) atoms. The van der Waals surface area contributed by atoms with Crippen molar-refractivity contribution in [3.8, 4) is 0 Å². The molecule has 168 valence electrons. The van der Waals surface area contributed by atoms with Crippen LogP contribution in [0.2, 0.25) is 10.0 Å². The predicted octanol–water partition coefficient (Wildman–Crippen LogP) is 6.73. The minimum atomic E-state index is -3.82. The number of furan rings is 1. The van der Waals surface area contributed by atoms with Gasteiger partial charge in [0.15, 0.2) is 0 Å². The van der Waals surface area contributed by atoms with Gasteiger partial charge in [-0.05, 0) is 66.2 Å². The first-order valence-electron chi connectivity index (χ1n) is 10.1. The molecule has 5 nitrogen and oxygen atoms in total. The molecule has 0 bridgehead atoms. The fraction of sp³-hybridized carbons (Fsp3) is 0.0800. The quantitative estimate of drug-likeness (QED) is 0.253. The van der Waals surface area contributed by atoms with E-state index in [1.54, 1.807) is 54.7 Å². The van der Waals surface area contributed by atoms with Gasteiger partial charge in [-0.25, -0.2) is 8.42 Å². The van der Waals surface area contributed by atoms with E-state index in [2.05, 4.69) is 4.99 Å². The Labute approximate surface area is 203 Å². The molecule has 0 fully saturated rings. The topological polar surface area (TPSA) is 62.9 Å². The number of rotatable bonds is 8. The van der Waals surface area contributed by atoms with Crippen molar-refractivity contribution in [1.29, 1.82) is 0 Å². The summed E-state index contributed by atoms with van der Waals surface area (Å²) in [5.41, 5.74) is 1.60. The van der Waals surface area contributed by atoms with Gasteiger partial charge in [-0.1, -0.05) is 53.5 Å². The number of hydrogen-bond donors (Lipinski definition) is 0. The highest BCUT2D eigenvalue weighted by Gasteiger charge is 2.26. The molecule has 0 saturated carbocycles. The Hall–Kier alpha value is -2.90. The van der Waals surface area contributed by atoms with Gasteiger partial charge >= 0.3 is 0 Å². The van der Waals surface area contributed by atoms with Gasteiger partial charge in [0.05, 0.1) is 23.3 Å². The summed E-state index contributed by atoms with van der Waals surface area (Å²) in [5.74, 6) is 1.03. The second-order valence-electron chi connectivity index (χ2n) is 7.25. The lowest BCUT2D eigenvalue weighted by Gasteiger charge is -2.21. The maximum atomic E-state index is 13.4. The molecule has 0 unspecified atom stereocenters. The molecule has 0 aliphatic carbocycles. The highest BCUT2D eigenvalue weighted by atomic mass is 35.5. The van der Waals surface area contributed by atoms with Crippen LogP contribution in [0.1, 0.15) is 17.1 Å². The Bertz CT molecular complexity index is 1330. The Morgan fingerprint density at radius 2 is 1.42 bits per heavy atom. The number of aliphatic imine (C=N–C) groups is 1. The summed E-state index contributed by atoms with van der Waals surface area (Å²) >= 11 is 11.9. The molecule has 0 saturated heterocycles. The van der Waals surface area contributed by atoms with Crippen LogP contribution in [0.5, 0.6) is 0 Å². The van der Waals surface area contributed by atoms with Gasteiger partial charge in [0.25, 0.3) is 0 Å². The molecule has 4 aromatic rings. The molecule has 8 heteroatoms. The van der Waals surface area contributed by atoms with Gasteiger partial charge in [-0.3, -0.25) is 4.99 Å². The molecule has 0 aliphatic heterocycles. The average molecular weight is 499 g/mol. The molecule has 0 radical (unpaired) electrons.